The molecule has 0 aliphatic rings. The highest BCUT2D eigenvalue weighted by Crippen LogP contribution is 2.27. The molecule has 0 atom stereocenters. The molecule has 25 heavy (non-hydrogen) atoms. The van der Waals surface area contributed by atoms with E-state index in [9.17, 15) is 4.79 Å². The number of alkyl carbamates (subject to hydrolysis) is 1. The van der Waals surface area contributed by atoms with Crippen LogP contribution in [-0.2, 0) is 14.2 Å². The van der Waals surface area contributed by atoms with Crippen LogP contribution in [0.1, 0.15) is 20.8 Å². The quantitative estimate of drug-likeness (QED) is 0.559. The maximum atomic E-state index is 11.4. The summed E-state index contributed by atoms with van der Waals surface area (Å²) in [6.45, 7) is 8.02. The Morgan fingerprint density at radius 3 is 2.40 bits per heavy atom. The predicted octanol–water partition coefficient (Wildman–Crippen LogP) is 4.04. The third-order valence-electron chi connectivity index (χ3n) is 2.67. The highest BCUT2D eigenvalue weighted by atomic mass is 79.9. The maximum absolute atomic E-state index is 11.4. The third kappa shape index (κ3) is 11.3. The first kappa shape index (κ1) is 22.0. The Bertz CT molecular complexity index is 536. The summed E-state index contributed by atoms with van der Waals surface area (Å²) in [6.07, 6.45) is -0.446. The van der Waals surface area contributed by atoms with Crippen LogP contribution in [0.3, 0.4) is 0 Å². The molecule has 0 fully saturated rings. The van der Waals surface area contributed by atoms with E-state index >= 15 is 0 Å². The van der Waals surface area contributed by atoms with Crippen molar-refractivity contribution in [2.24, 2.45) is 0 Å². The molecular formula is C17H25BrClNO5. The van der Waals surface area contributed by atoms with Gasteiger partial charge < -0.3 is 24.3 Å². The molecule has 1 rings (SSSR count). The Morgan fingerprint density at radius 2 is 1.76 bits per heavy atom. The Hall–Kier alpha value is -1.02. The molecule has 8 heteroatoms. The van der Waals surface area contributed by atoms with Gasteiger partial charge in [0, 0.05) is 11.6 Å². The van der Waals surface area contributed by atoms with Crippen molar-refractivity contribution >= 4 is 33.6 Å². The molecule has 0 unspecified atom stereocenters. The number of benzene rings is 1. The van der Waals surface area contributed by atoms with Crippen LogP contribution in [0, 0.1) is 0 Å². The van der Waals surface area contributed by atoms with E-state index in [1.165, 1.54) is 0 Å². The molecule has 0 heterocycles. The highest BCUT2D eigenvalue weighted by molar-refractivity contribution is 9.10. The summed E-state index contributed by atoms with van der Waals surface area (Å²) in [5.74, 6) is 0.720. The zero-order valence-electron chi connectivity index (χ0n) is 14.8. The zero-order valence-corrected chi connectivity index (χ0v) is 17.1. The van der Waals surface area contributed by atoms with Gasteiger partial charge in [0.25, 0.3) is 0 Å². The predicted molar refractivity (Wildman–Crippen MR) is 101 cm³/mol. The first-order chi connectivity index (χ1) is 11.8. The van der Waals surface area contributed by atoms with Crippen molar-refractivity contribution in [1.82, 2.24) is 5.32 Å². The van der Waals surface area contributed by atoms with Gasteiger partial charge in [0.15, 0.2) is 0 Å². The van der Waals surface area contributed by atoms with Gasteiger partial charge >= 0.3 is 6.09 Å². The molecule has 0 spiro atoms. The molecule has 142 valence electrons. The summed E-state index contributed by atoms with van der Waals surface area (Å²) in [5.41, 5.74) is -0.498. The van der Waals surface area contributed by atoms with Gasteiger partial charge in [-0.3, -0.25) is 0 Å². The van der Waals surface area contributed by atoms with Gasteiger partial charge in [-0.2, -0.15) is 0 Å². The number of halogens is 2. The maximum Gasteiger partial charge on any atom is 0.407 e. The van der Waals surface area contributed by atoms with Crippen LogP contribution in [0.4, 0.5) is 4.79 Å². The average Bonchev–Trinajstić information content (AvgIpc) is 2.49. The van der Waals surface area contributed by atoms with Gasteiger partial charge in [-0.15, -0.1) is 0 Å². The van der Waals surface area contributed by atoms with E-state index in [2.05, 4.69) is 21.2 Å². The third-order valence-corrected chi connectivity index (χ3v) is 3.52. The fraction of sp³-hybridized carbons (Fsp3) is 0.588. The van der Waals surface area contributed by atoms with Crippen LogP contribution in [0.25, 0.3) is 0 Å². The molecule has 1 aromatic carbocycles. The number of nitrogens with one attached hydrogen (secondary N) is 1. The van der Waals surface area contributed by atoms with Crippen LogP contribution in [-0.4, -0.2) is 51.3 Å². The Balaban J connectivity index is 1.94. The molecule has 0 aromatic heterocycles. The summed E-state index contributed by atoms with van der Waals surface area (Å²) in [6, 6.07) is 5.34. The molecule has 0 aliphatic heterocycles. The molecule has 1 amide bonds. The fourth-order valence-electron chi connectivity index (χ4n) is 1.66. The zero-order chi connectivity index (χ0) is 18.7. The van der Waals surface area contributed by atoms with E-state index in [0.717, 1.165) is 10.2 Å². The van der Waals surface area contributed by atoms with Crippen molar-refractivity contribution in [2.75, 3.05) is 39.6 Å². The van der Waals surface area contributed by atoms with E-state index in [1.54, 1.807) is 18.2 Å². The number of amides is 1. The number of carbonyl (C=O) groups excluding carboxylic acids is 1. The summed E-state index contributed by atoms with van der Waals surface area (Å²) < 4.78 is 22.2. The second-order valence-corrected chi connectivity index (χ2v) is 7.37. The van der Waals surface area contributed by atoms with Crippen molar-refractivity contribution in [3.8, 4) is 5.75 Å². The van der Waals surface area contributed by atoms with Crippen molar-refractivity contribution in [3.63, 3.8) is 0 Å². The van der Waals surface area contributed by atoms with E-state index in [1.807, 2.05) is 20.8 Å². The number of rotatable bonds is 10. The first-order valence-corrected chi connectivity index (χ1v) is 9.15. The average molecular weight is 439 g/mol. The number of hydrogen-bond donors (Lipinski definition) is 1. The standard InChI is InChI=1S/C17H25BrClNO5/c1-17(2,3)25-16(21)20-6-7-22-8-9-23-10-11-24-15-5-4-13(19)12-14(15)18/h4-5,12H,6-11H2,1-3H3,(H,20,21). The SMILES string of the molecule is CC(C)(C)OC(=O)NCCOCCOCCOc1ccc(Cl)cc1Br. The van der Waals surface area contributed by atoms with E-state index in [0.29, 0.717) is 44.6 Å². The lowest BCUT2D eigenvalue weighted by Crippen LogP contribution is -2.34. The monoisotopic (exact) mass is 437 g/mol. The van der Waals surface area contributed by atoms with Crippen molar-refractivity contribution in [3.05, 3.63) is 27.7 Å². The van der Waals surface area contributed by atoms with Gasteiger partial charge in [-0.05, 0) is 54.9 Å². The topological polar surface area (TPSA) is 66.0 Å². The van der Waals surface area contributed by atoms with E-state index < -0.39 is 11.7 Å². The van der Waals surface area contributed by atoms with Crippen LogP contribution in [0.2, 0.25) is 5.02 Å². The summed E-state index contributed by atoms with van der Waals surface area (Å²) >= 11 is 9.24. The van der Waals surface area contributed by atoms with Crippen LogP contribution < -0.4 is 10.1 Å². The summed E-state index contributed by atoms with van der Waals surface area (Å²) in [5, 5.41) is 3.26. The normalized spacial score (nSPS) is 11.2. The van der Waals surface area contributed by atoms with Crippen molar-refractivity contribution in [2.45, 2.75) is 26.4 Å². The van der Waals surface area contributed by atoms with Gasteiger partial charge in [0.1, 0.15) is 18.0 Å². The van der Waals surface area contributed by atoms with Gasteiger partial charge in [-0.25, -0.2) is 4.79 Å². The smallest absolute Gasteiger partial charge is 0.407 e. The lowest BCUT2D eigenvalue weighted by Gasteiger charge is -2.19. The van der Waals surface area contributed by atoms with Gasteiger partial charge in [-0.1, -0.05) is 11.6 Å². The molecule has 0 bridgehead atoms. The van der Waals surface area contributed by atoms with Gasteiger partial charge in [0.2, 0.25) is 0 Å². The summed E-state index contributed by atoms with van der Waals surface area (Å²) in [4.78, 5) is 11.4. The Kier molecular flexibility index (Phi) is 10.2. The van der Waals surface area contributed by atoms with Crippen LogP contribution in [0.5, 0.6) is 5.75 Å². The molecule has 0 saturated heterocycles. The van der Waals surface area contributed by atoms with Crippen LogP contribution >= 0.6 is 27.5 Å². The molecule has 0 aliphatic carbocycles. The molecular weight excluding hydrogens is 414 g/mol. The Labute approximate surface area is 162 Å². The summed E-state index contributed by atoms with van der Waals surface area (Å²) in [7, 11) is 0. The fourth-order valence-corrected chi connectivity index (χ4v) is 2.46. The largest absolute Gasteiger partial charge is 0.490 e. The number of hydrogen-bond acceptors (Lipinski definition) is 5. The number of carbonyl (C=O) groups is 1. The molecule has 6 nitrogen and oxygen atoms in total. The van der Waals surface area contributed by atoms with Crippen molar-refractivity contribution in [1.29, 1.82) is 0 Å². The molecule has 1 N–H and O–H groups in total. The molecule has 0 radical (unpaired) electrons. The first-order valence-electron chi connectivity index (χ1n) is 7.98. The molecule has 0 saturated carbocycles. The van der Waals surface area contributed by atoms with E-state index in [-0.39, 0.29) is 0 Å². The second-order valence-electron chi connectivity index (χ2n) is 6.08. The number of ether oxygens (including phenoxy) is 4. The minimum absolute atomic E-state index is 0.391. The minimum Gasteiger partial charge on any atom is -0.490 e. The van der Waals surface area contributed by atoms with Crippen molar-refractivity contribution < 1.29 is 23.7 Å². The van der Waals surface area contributed by atoms with Crippen LogP contribution in [0.15, 0.2) is 22.7 Å². The second kappa shape index (κ2) is 11.6. The van der Waals surface area contributed by atoms with E-state index in [4.69, 9.17) is 30.5 Å². The minimum atomic E-state index is -0.498. The highest BCUT2D eigenvalue weighted by Gasteiger charge is 2.15. The lowest BCUT2D eigenvalue weighted by atomic mass is 10.2. The Morgan fingerprint density at radius 1 is 1.12 bits per heavy atom. The molecule has 1 aromatic rings. The van der Waals surface area contributed by atoms with Gasteiger partial charge in [0.05, 0.1) is 30.9 Å². The lowest BCUT2D eigenvalue weighted by molar-refractivity contribution is 0.0327.